The molecule has 0 unspecified atom stereocenters. The van der Waals surface area contributed by atoms with Crippen molar-refractivity contribution in [1.82, 2.24) is 9.97 Å². The minimum absolute atomic E-state index is 0.459. The van der Waals surface area contributed by atoms with Crippen molar-refractivity contribution < 1.29 is 0 Å². The van der Waals surface area contributed by atoms with E-state index in [0.717, 1.165) is 23.9 Å². The maximum atomic E-state index is 5.72. The van der Waals surface area contributed by atoms with Gasteiger partial charge in [-0.25, -0.2) is 9.97 Å². The summed E-state index contributed by atoms with van der Waals surface area (Å²) in [7, 11) is 0. The first-order valence-electron chi connectivity index (χ1n) is 7.11. The maximum absolute atomic E-state index is 5.72. The van der Waals surface area contributed by atoms with Crippen molar-refractivity contribution in [1.29, 1.82) is 0 Å². The summed E-state index contributed by atoms with van der Waals surface area (Å²) in [5.74, 6) is 0.816. The zero-order valence-corrected chi connectivity index (χ0v) is 11.8. The first kappa shape index (κ1) is 13.1. The fourth-order valence-electron chi connectivity index (χ4n) is 2.38. The molecule has 4 heteroatoms. The number of aromatic nitrogens is 2. The summed E-state index contributed by atoms with van der Waals surface area (Å²) in [4.78, 5) is 11.5. The molecular weight excluding hydrogens is 248 g/mol. The lowest BCUT2D eigenvalue weighted by Crippen LogP contribution is -2.27. The van der Waals surface area contributed by atoms with E-state index in [0.29, 0.717) is 12.6 Å². The van der Waals surface area contributed by atoms with E-state index in [9.17, 15) is 0 Å². The number of hydrogen-bond acceptors (Lipinski definition) is 4. The van der Waals surface area contributed by atoms with E-state index in [1.807, 2.05) is 19.1 Å². The standard InChI is InChI=1S/C16H20N4/c1-12-9-14(10-17)19-16(18-12)20(15-7-8-15)11-13-5-3-2-4-6-13/h2-6,9,15H,7-8,10-11,17H2,1H3. The summed E-state index contributed by atoms with van der Waals surface area (Å²) < 4.78 is 0. The third kappa shape index (κ3) is 2.96. The first-order valence-corrected chi connectivity index (χ1v) is 7.11. The van der Waals surface area contributed by atoms with Crippen LogP contribution >= 0.6 is 0 Å². The van der Waals surface area contributed by atoms with Crippen LogP contribution in [-0.2, 0) is 13.1 Å². The second-order valence-corrected chi connectivity index (χ2v) is 5.35. The molecule has 0 bridgehead atoms. The summed E-state index contributed by atoms with van der Waals surface area (Å²) >= 11 is 0. The van der Waals surface area contributed by atoms with Crippen LogP contribution in [0.5, 0.6) is 0 Å². The van der Waals surface area contributed by atoms with Gasteiger partial charge in [0.1, 0.15) is 0 Å². The van der Waals surface area contributed by atoms with Gasteiger partial charge in [-0.3, -0.25) is 0 Å². The molecule has 0 atom stereocenters. The lowest BCUT2D eigenvalue weighted by molar-refractivity contribution is 0.747. The number of benzene rings is 1. The number of nitrogens with zero attached hydrogens (tertiary/aromatic N) is 3. The Morgan fingerprint density at radius 2 is 1.95 bits per heavy atom. The van der Waals surface area contributed by atoms with Crippen molar-refractivity contribution in [3.8, 4) is 0 Å². The highest BCUT2D eigenvalue weighted by Crippen LogP contribution is 2.31. The Morgan fingerprint density at radius 3 is 2.60 bits per heavy atom. The van der Waals surface area contributed by atoms with Crippen LogP contribution in [0, 0.1) is 6.92 Å². The van der Waals surface area contributed by atoms with Crippen LogP contribution in [0.1, 0.15) is 29.8 Å². The van der Waals surface area contributed by atoms with Gasteiger partial charge in [-0.15, -0.1) is 0 Å². The summed E-state index contributed by atoms with van der Waals surface area (Å²) in [5, 5.41) is 0. The maximum Gasteiger partial charge on any atom is 0.226 e. The highest BCUT2D eigenvalue weighted by molar-refractivity contribution is 5.38. The third-order valence-corrected chi connectivity index (χ3v) is 3.54. The van der Waals surface area contributed by atoms with E-state index in [-0.39, 0.29) is 0 Å². The summed E-state index contributed by atoms with van der Waals surface area (Å²) in [5.41, 5.74) is 8.90. The molecule has 1 aromatic heterocycles. The zero-order chi connectivity index (χ0) is 13.9. The van der Waals surface area contributed by atoms with Gasteiger partial charge in [-0.05, 0) is 31.4 Å². The van der Waals surface area contributed by atoms with E-state index in [4.69, 9.17) is 5.73 Å². The van der Waals surface area contributed by atoms with Crippen LogP contribution in [-0.4, -0.2) is 16.0 Å². The van der Waals surface area contributed by atoms with Crippen LogP contribution in [0.2, 0.25) is 0 Å². The molecule has 1 aromatic carbocycles. The lowest BCUT2D eigenvalue weighted by Gasteiger charge is -2.23. The predicted molar refractivity (Wildman–Crippen MR) is 80.3 cm³/mol. The molecule has 0 amide bonds. The van der Waals surface area contributed by atoms with Gasteiger partial charge >= 0.3 is 0 Å². The molecule has 4 nitrogen and oxygen atoms in total. The van der Waals surface area contributed by atoms with Crippen molar-refractivity contribution >= 4 is 5.95 Å². The Hall–Kier alpha value is -1.94. The molecule has 1 aliphatic carbocycles. The molecule has 0 radical (unpaired) electrons. The molecule has 0 aliphatic heterocycles. The van der Waals surface area contributed by atoms with Gasteiger partial charge in [0.25, 0.3) is 0 Å². The van der Waals surface area contributed by atoms with Gasteiger partial charge in [0, 0.05) is 24.8 Å². The molecule has 0 spiro atoms. The first-order chi connectivity index (χ1) is 9.76. The Labute approximate surface area is 119 Å². The molecule has 0 saturated heterocycles. The normalized spacial score (nSPS) is 14.3. The summed E-state index contributed by atoms with van der Waals surface area (Å²) in [6.45, 7) is 3.32. The van der Waals surface area contributed by atoms with Crippen LogP contribution < -0.4 is 10.6 Å². The van der Waals surface area contributed by atoms with Crippen molar-refractivity contribution in [2.24, 2.45) is 5.73 Å². The van der Waals surface area contributed by atoms with Gasteiger partial charge < -0.3 is 10.6 Å². The Morgan fingerprint density at radius 1 is 1.20 bits per heavy atom. The van der Waals surface area contributed by atoms with E-state index in [1.165, 1.54) is 18.4 Å². The molecule has 1 heterocycles. The lowest BCUT2D eigenvalue weighted by atomic mass is 10.2. The average Bonchev–Trinajstić information content (AvgIpc) is 3.29. The van der Waals surface area contributed by atoms with E-state index >= 15 is 0 Å². The average molecular weight is 268 g/mol. The van der Waals surface area contributed by atoms with Crippen molar-refractivity contribution in [2.75, 3.05) is 4.90 Å². The Bertz CT molecular complexity index is 578. The van der Waals surface area contributed by atoms with E-state index in [1.54, 1.807) is 0 Å². The minimum Gasteiger partial charge on any atom is -0.333 e. The second-order valence-electron chi connectivity index (χ2n) is 5.35. The van der Waals surface area contributed by atoms with E-state index < -0.39 is 0 Å². The van der Waals surface area contributed by atoms with Crippen molar-refractivity contribution in [3.63, 3.8) is 0 Å². The SMILES string of the molecule is Cc1cc(CN)nc(N(Cc2ccccc2)C2CC2)n1. The minimum atomic E-state index is 0.459. The van der Waals surface area contributed by atoms with Gasteiger partial charge in [-0.1, -0.05) is 30.3 Å². The monoisotopic (exact) mass is 268 g/mol. The number of anilines is 1. The smallest absolute Gasteiger partial charge is 0.226 e. The van der Waals surface area contributed by atoms with Crippen molar-refractivity contribution in [3.05, 3.63) is 53.3 Å². The van der Waals surface area contributed by atoms with Gasteiger partial charge in [0.15, 0.2) is 0 Å². The molecular formula is C16H20N4. The largest absolute Gasteiger partial charge is 0.333 e. The van der Waals surface area contributed by atoms with Gasteiger partial charge in [0.2, 0.25) is 5.95 Å². The quantitative estimate of drug-likeness (QED) is 0.904. The Kier molecular flexibility index (Phi) is 3.65. The molecule has 1 fully saturated rings. The molecule has 20 heavy (non-hydrogen) atoms. The van der Waals surface area contributed by atoms with Crippen LogP contribution in [0.4, 0.5) is 5.95 Å². The fraction of sp³-hybridized carbons (Fsp3) is 0.375. The topological polar surface area (TPSA) is 55.0 Å². The van der Waals surface area contributed by atoms with E-state index in [2.05, 4.69) is 39.1 Å². The van der Waals surface area contributed by atoms with Crippen molar-refractivity contribution in [2.45, 2.75) is 38.9 Å². The van der Waals surface area contributed by atoms with Gasteiger partial charge in [-0.2, -0.15) is 0 Å². The highest BCUT2D eigenvalue weighted by atomic mass is 15.3. The summed E-state index contributed by atoms with van der Waals surface area (Å²) in [6.07, 6.45) is 2.45. The predicted octanol–water partition coefficient (Wildman–Crippen LogP) is 2.41. The fourth-order valence-corrected chi connectivity index (χ4v) is 2.38. The molecule has 1 saturated carbocycles. The Balaban J connectivity index is 1.89. The highest BCUT2D eigenvalue weighted by Gasteiger charge is 2.31. The molecule has 1 aliphatic rings. The zero-order valence-electron chi connectivity index (χ0n) is 11.8. The van der Waals surface area contributed by atoms with Crippen LogP contribution in [0.15, 0.2) is 36.4 Å². The van der Waals surface area contributed by atoms with Gasteiger partial charge in [0.05, 0.1) is 5.69 Å². The number of aryl methyl sites for hydroxylation is 1. The number of hydrogen-bond donors (Lipinski definition) is 1. The second kappa shape index (κ2) is 5.59. The molecule has 2 aromatic rings. The molecule has 104 valence electrons. The molecule has 3 rings (SSSR count). The van der Waals surface area contributed by atoms with Crippen LogP contribution in [0.3, 0.4) is 0 Å². The number of rotatable bonds is 5. The number of nitrogens with two attached hydrogens (primary N) is 1. The summed E-state index contributed by atoms with van der Waals surface area (Å²) in [6, 6.07) is 13.0. The third-order valence-electron chi connectivity index (χ3n) is 3.54. The molecule has 2 N–H and O–H groups in total. The van der Waals surface area contributed by atoms with Crippen LogP contribution in [0.25, 0.3) is 0 Å².